The molecule has 0 radical (unpaired) electrons. The topological polar surface area (TPSA) is 38.9 Å². The van der Waals surface area contributed by atoms with Crippen molar-refractivity contribution < 1.29 is 0 Å². The Labute approximate surface area is 93.8 Å². The lowest BCUT2D eigenvalue weighted by molar-refractivity contribution is 0.981. The molecule has 0 aliphatic carbocycles. The number of hydrogen-bond acceptors (Lipinski definition) is 3. The van der Waals surface area contributed by atoms with E-state index < -0.39 is 0 Å². The summed E-state index contributed by atoms with van der Waals surface area (Å²) in [5.41, 5.74) is 8.01. The van der Waals surface area contributed by atoms with Gasteiger partial charge in [0.25, 0.3) is 0 Å². The van der Waals surface area contributed by atoms with Crippen molar-refractivity contribution in [3.05, 3.63) is 41.0 Å². The summed E-state index contributed by atoms with van der Waals surface area (Å²) >= 11 is 1.70. The van der Waals surface area contributed by atoms with Crippen LogP contribution >= 0.6 is 11.3 Å². The molecule has 1 aromatic heterocycles. The molecule has 1 aromatic carbocycles. The molecule has 0 spiro atoms. The van der Waals surface area contributed by atoms with E-state index in [0.29, 0.717) is 6.54 Å². The highest BCUT2D eigenvalue weighted by Gasteiger charge is 2.09. The van der Waals surface area contributed by atoms with Gasteiger partial charge in [-0.05, 0) is 12.0 Å². The molecule has 1 heterocycles. The van der Waals surface area contributed by atoms with E-state index in [1.165, 1.54) is 10.4 Å². The number of benzene rings is 1. The molecule has 2 aromatic rings. The van der Waals surface area contributed by atoms with Crippen molar-refractivity contribution in [2.45, 2.75) is 19.9 Å². The highest BCUT2D eigenvalue weighted by molar-refractivity contribution is 7.15. The van der Waals surface area contributed by atoms with Crippen molar-refractivity contribution in [2.24, 2.45) is 5.73 Å². The highest BCUT2D eigenvalue weighted by atomic mass is 32.1. The molecule has 0 atom stereocenters. The maximum Gasteiger partial charge on any atom is 0.107 e. The molecule has 0 saturated carbocycles. The molecule has 0 amide bonds. The van der Waals surface area contributed by atoms with E-state index in [9.17, 15) is 0 Å². The smallest absolute Gasteiger partial charge is 0.107 e. The first-order valence-corrected chi connectivity index (χ1v) is 5.91. The fourth-order valence-electron chi connectivity index (χ4n) is 1.54. The first-order valence-electron chi connectivity index (χ1n) is 5.09. The number of aryl methyl sites for hydroxylation is 1. The van der Waals surface area contributed by atoms with Crippen LogP contribution in [0.5, 0.6) is 0 Å². The Bertz CT molecular complexity index is 434. The van der Waals surface area contributed by atoms with Crippen LogP contribution in [0.15, 0.2) is 30.3 Å². The number of aromatic nitrogens is 1. The predicted molar refractivity (Wildman–Crippen MR) is 64.8 cm³/mol. The van der Waals surface area contributed by atoms with Crippen molar-refractivity contribution in [1.82, 2.24) is 4.98 Å². The number of hydrogen-bond donors (Lipinski definition) is 1. The summed E-state index contributed by atoms with van der Waals surface area (Å²) in [5, 5.41) is 1.02. The van der Waals surface area contributed by atoms with Crippen LogP contribution in [0.1, 0.15) is 17.6 Å². The molecule has 0 bridgehead atoms. The third kappa shape index (κ3) is 2.08. The highest BCUT2D eigenvalue weighted by Crippen LogP contribution is 2.30. The SMILES string of the molecule is CCc1nc(CN)sc1-c1ccccc1. The molecular weight excluding hydrogens is 204 g/mol. The molecule has 2 nitrogen and oxygen atoms in total. The molecular formula is C12H14N2S. The van der Waals surface area contributed by atoms with Crippen molar-refractivity contribution in [1.29, 1.82) is 0 Å². The minimum absolute atomic E-state index is 0.532. The third-order valence-corrected chi connectivity index (χ3v) is 3.46. The predicted octanol–water partition coefficient (Wildman–Crippen LogP) is 2.83. The average Bonchev–Trinajstić information content (AvgIpc) is 2.73. The van der Waals surface area contributed by atoms with Gasteiger partial charge in [-0.2, -0.15) is 0 Å². The Balaban J connectivity index is 2.47. The van der Waals surface area contributed by atoms with Crippen LogP contribution in [0.2, 0.25) is 0 Å². The van der Waals surface area contributed by atoms with Crippen LogP contribution in [-0.2, 0) is 13.0 Å². The van der Waals surface area contributed by atoms with Gasteiger partial charge in [-0.3, -0.25) is 0 Å². The van der Waals surface area contributed by atoms with E-state index in [1.54, 1.807) is 11.3 Å². The molecule has 0 fully saturated rings. The maximum atomic E-state index is 5.61. The summed E-state index contributed by atoms with van der Waals surface area (Å²) < 4.78 is 0. The van der Waals surface area contributed by atoms with E-state index in [-0.39, 0.29) is 0 Å². The second-order valence-corrected chi connectivity index (χ2v) is 4.39. The summed E-state index contributed by atoms with van der Waals surface area (Å²) in [5.74, 6) is 0. The van der Waals surface area contributed by atoms with Gasteiger partial charge >= 0.3 is 0 Å². The monoisotopic (exact) mass is 218 g/mol. The minimum Gasteiger partial charge on any atom is -0.325 e. The van der Waals surface area contributed by atoms with E-state index >= 15 is 0 Å². The lowest BCUT2D eigenvalue weighted by Crippen LogP contribution is -1.95. The van der Waals surface area contributed by atoms with Gasteiger partial charge in [0.15, 0.2) is 0 Å². The Morgan fingerprint density at radius 3 is 2.60 bits per heavy atom. The molecule has 2 N–H and O–H groups in total. The van der Waals surface area contributed by atoms with Gasteiger partial charge in [0.2, 0.25) is 0 Å². The molecule has 0 saturated heterocycles. The van der Waals surface area contributed by atoms with E-state index in [2.05, 4.69) is 36.2 Å². The summed E-state index contributed by atoms with van der Waals surface area (Å²) in [6.07, 6.45) is 0.959. The molecule has 0 unspecified atom stereocenters. The fraction of sp³-hybridized carbons (Fsp3) is 0.250. The second kappa shape index (κ2) is 4.55. The third-order valence-electron chi connectivity index (χ3n) is 2.29. The maximum absolute atomic E-state index is 5.61. The number of thiazole rings is 1. The van der Waals surface area contributed by atoms with Crippen molar-refractivity contribution in [3.8, 4) is 10.4 Å². The van der Waals surface area contributed by atoms with Gasteiger partial charge in [-0.15, -0.1) is 11.3 Å². The van der Waals surface area contributed by atoms with Crippen LogP contribution in [0, 0.1) is 0 Å². The Morgan fingerprint density at radius 1 is 1.27 bits per heavy atom. The first-order chi connectivity index (χ1) is 7.35. The van der Waals surface area contributed by atoms with Crippen molar-refractivity contribution in [3.63, 3.8) is 0 Å². The average molecular weight is 218 g/mol. The minimum atomic E-state index is 0.532. The van der Waals surface area contributed by atoms with Gasteiger partial charge in [-0.1, -0.05) is 37.3 Å². The quantitative estimate of drug-likeness (QED) is 0.860. The Kier molecular flexibility index (Phi) is 3.14. The van der Waals surface area contributed by atoms with Crippen molar-refractivity contribution in [2.75, 3.05) is 0 Å². The summed E-state index contributed by atoms with van der Waals surface area (Å²) in [6, 6.07) is 10.4. The molecule has 0 aliphatic rings. The van der Waals surface area contributed by atoms with Crippen LogP contribution < -0.4 is 5.73 Å². The molecule has 3 heteroatoms. The van der Waals surface area contributed by atoms with Gasteiger partial charge in [0.05, 0.1) is 10.6 Å². The largest absolute Gasteiger partial charge is 0.325 e. The van der Waals surface area contributed by atoms with Gasteiger partial charge < -0.3 is 5.73 Å². The molecule has 15 heavy (non-hydrogen) atoms. The van der Waals surface area contributed by atoms with Crippen LogP contribution in [0.4, 0.5) is 0 Å². The van der Waals surface area contributed by atoms with Crippen LogP contribution in [0.25, 0.3) is 10.4 Å². The van der Waals surface area contributed by atoms with Crippen LogP contribution in [-0.4, -0.2) is 4.98 Å². The number of rotatable bonds is 3. The first kappa shape index (κ1) is 10.3. The van der Waals surface area contributed by atoms with E-state index in [0.717, 1.165) is 17.1 Å². The van der Waals surface area contributed by atoms with Crippen molar-refractivity contribution >= 4 is 11.3 Å². The zero-order valence-corrected chi connectivity index (χ0v) is 9.55. The zero-order valence-electron chi connectivity index (χ0n) is 8.73. The van der Waals surface area contributed by atoms with Gasteiger partial charge in [-0.25, -0.2) is 4.98 Å². The number of nitrogens with zero attached hydrogens (tertiary/aromatic N) is 1. The lowest BCUT2D eigenvalue weighted by atomic mass is 10.1. The zero-order chi connectivity index (χ0) is 10.7. The van der Waals surface area contributed by atoms with E-state index in [4.69, 9.17) is 5.73 Å². The summed E-state index contributed by atoms with van der Waals surface area (Å²) in [4.78, 5) is 5.78. The summed E-state index contributed by atoms with van der Waals surface area (Å²) in [7, 11) is 0. The second-order valence-electron chi connectivity index (χ2n) is 3.31. The Hall–Kier alpha value is -1.19. The normalized spacial score (nSPS) is 10.5. The Morgan fingerprint density at radius 2 is 2.00 bits per heavy atom. The lowest BCUT2D eigenvalue weighted by Gasteiger charge is -1.98. The van der Waals surface area contributed by atoms with E-state index in [1.807, 2.05) is 6.07 Å². The molecule has 78 valence electrons. The van der Waals surface area contributed by atoms with Gasteiger partial charge in [0.1, 0.15) is 5.01 Å². The standard InChI is InChI=1S/C12H14N2S/c1-2-10-12(15-11(8-13)14-10)9-6-4-3-5-7-9/h3-7H,2,8,13H2,1H3. The number of nitrogens with two attached hydrogens (primary N) is 1. The summed E-state index contributed by atoms with van der Waals surface area (Å²) in [6.45, 7) is 2.66. The molecule has 2 rings (SSSR count). The fourth-order valence-corrected chi connectivity index (χ4v) is 2.58. The van der Waals surface area contributed by atoms with Gasteiger partial charge in [0, 0.05) is 6.54 Å². The molecule has 0 aliphatic heterocycles. The van der Waals surface area contributed by atoms with Crippen LogP contribution in [0.3, 0.4) is 0 Å².